The lowest BCUT2D eigenvalue weighted by Gasteiger charge is -2.19. The van der Waals surface area contributed by atoms with Gasteiger partial charge in [0, 0.05) is 12.1 Å². The molecule has 0 spiro atoms. The summed E-state index contributed by atoms with van der Waals surface area (Å²) in [4.78, 5) is 11.6. The third-order valence-corrected chi connectivity index (χ3v) is 1.85. The molecule has 0 saturated heterocycles. The molecular formula is C11H12N2O2. The Balaban J connectivity index is 2.79. The zero-order chi connectivity index (χ0) is 11.5. The molecule has 0 radical (unpaired) electrons. The van der Waals surface area contributed by atoms with Crippen LogP contribution in [0.15, 0.2) is 24.5 Å². The Labute approximate surface area is 88.5 Å². The first kappa shape index (κ1) is 11.1. The van der Waals surface area contributed by atoms with Crippen molar-refractivity contribution in [2.45, 2.75) is 19.4 Å². The van der Waals surface area contributed by atoms with Gasteiger partial charge in [-0.25, -0.2) is 0 Å². The number of terminal acetylenes is 1. The van der Waals surface area contributed by atoms with Crippen LogP contribution < -0.4 is 10.0 Å². The molecule has 4 nitrogen and oxygen atoms in total. The van der Waals surface area contributed by atoms with Crippen LogP contribution in [0.3, 0.4) is 0 Å². The standard InChI is InChI=1S/C11H12N2O2/c1-4-11(2,3)12-10(14)9-5-7-13(15)8-6-9/h1,5-8H,2-3H3,(H,12,14). The van der Waals surface area contributed by atoms with Gasteiger partial charge in [-0.15, -0.1) is 6.42 Å². The average molecular weight is 204 g/mol. The number of carbonyl (C=O) groups excluding carboxylic acids is 1. The lowest BCUT2D eigenvalue weighted by atomic mass is 10.1. The second kappa shape index (κ2) is 4.01. The van der Waals surface area contributed by atoms with Crippen LogP contribution in [0.1, 0.15) is 24.2 Å². The molecule has 0 aliphatic carbocycles. The summed E-state index contributed by atoms with van der Waals surface area (Å²) in [5.74, 6) is 2.16. The van der Waals surface area contributed by atoms with E-state index in [0.717, 1.165) is 0 Å². The molecule has 1 rings (SSSR count). The van der Waals surface area contributed by atoms with E-state index in [1.54, 1.807) is 13.8 Å². The first-order valence-corrected chi connectivity index (χ1v) is 4.44. The van der Waals surface area contributed by atoms with Gasteiger partial charge >= 0.3 is 0 Å². The SMILES string of the molecule is C#CC(C)(C)NC(=O)c1cc[n+]([O-])cc1. The number of hydrogen-bond donors (Lipinski definition) is 1. The molecule has 1 heterocycles. The molecule has 78 valence electrons. The third kappa shape index (κ3) is 2.99. The molecule has 0 saturated carbocycles. The van der Waals surface area contributed by atoms with Crippen molar-refractivity contribution in [2.75, 3.05) is 0 Å². The number of rotatable bonds is 2. The molecule has 1 aromatic rings. The highest BCUT2D eigenvalue weighted by Gasteiger charge is 2.18. The predicted molar refractivity (Wildman–Crippen MR) is 55.8 cm³/mol. The normalized spacial score (nSPS) is 10.5. The first-order valence-electron chi connectivity index (χ1n) is 4.44. The largest absolute Gasteiger partial charge is 0.619 e. The molecule has 0 atom stereocenters. The van der Waals surface area contributed by atoms with Gasteiger partial charge in [0.05, 0.1) is 11.1 Å². The summed E-state index contributed by atoms with van der Waals surface area (Å²) in [6, 6.07) is 2.88. The quantitative estimate of drug-likeness (QED) is 0.432. The highest BCUT2D eigenvalue weighted by molar-refractivity contribution is 5.94. The van der Waals surface area contributed by atoms with Gasteiger partial charge in [-0.05, 0) is 13.8 Å². The van der Waals surface area contributed by atoms with Gasteiger partial charge in [0.1, 0.15) is 0 Å². The summed E-state index contributed by atoms with van der Waals surface area (Å²) in [6.45, 7) is 3.45. The van der Waals surface area contributed by atoms with Gasteiger partial charge in [0.2, 0.25) is 0 Å². The molecule has 0 aromatic carbocycles. The fraction of sp³-hybridized carbons (Fsp3) is 0.273. The summed E-state index contributed by atoms with van der Waals surface area (Å²) in [6.07, 6.45) is 7.76. The summed E-state index contributed by atoms with van der Waals surface area (Å²) < 4.78 is 0.614. The van der Waals surface area contributed by atoms with E-state index in [1.807, 2.05) is 0 Å². The second-order valence-electron chi connectivity index (χ2n) is 3.67. The van der Waals surface area contributed by atoms with Gasteiger partial charge < -0.3 is 10.5 Å². The number of nitrogens with one attached hydrogen (secondary N) is 1. The number of carbonyl (C=O) groups is 1. The minimum Gasteiger partial charge on any atom is -0.619 e. The van der Waals surface area contributed by atoms with E-state index < -0.39 is 5.54 Å². The van der Waals surface area contributed by atoms with Crippen LogP contribution in [0.4, 0.5) is 0 Å². The Morgan fingerprint density at radius 1 is 1.53 bits per heavy atom. The van der Waals surface area contributed by atoms with E-state index in [-0.39, 0.29) is 5.91 Å². The van der Waals surface area contributed by atoms with Gasteiger partial charge in [0.25, 0.3) is 5.91 Å². The minimum atomic E-state index is -0.694. The highest BCUT2D eigenvalue weighted by atomic mass is 16.5. The van der Waals surface area contributed by atoms with Crippen molar-refractivity contribution in [2.24, 2.45) is 0 Å². The van der Waals surface area contributed by atoms with Crippen molar-refractivity contribution in [1.82, 2.24) is 5.32 Å². The van der Waals surface area contributed by atoms with Crippen molar-refractivity contribution < 1.29 is 9.52 Å². The Morgan fingerprint density at radius 2 is 2.07 bits per heavy atom. The maximum absolute atomic E-state index is 11.6. The smallest absolute Gasteiger partial charge is 0.252 e. The fourth-order valence-corrected chi connectivity index (χ4v) is 0.956. The summed E-state index contributed by atoms with van der Waals surface area (Å²) >= 11 is 0. The van der Waals surface area contributed by atoms with Crippen LogP contribution in [0.25, 0.3) is 0 Å². The number of amides is 1. The molecule has 0 fully saturated rings. The number of hydrogen-bond acceptors (Lipinski definition) is 2. The average Bonchev–Trinajstić information content (AvgIpc) is 2.18. The van der Waals surface area contributed by atoms with Crippen LogP contribution >= 0.6 is 0 Å². The lowest BCUT2D eigenvalue weighted by Crippen LogP contribution is -2.42. The van der Waals surface area contributed by atoms with Crippen LogP contribution in [-0.2, 0) is 0 Å². The molecule has 0 unspecified atom stereocenters. The van der Waals surface area contributed by atoms with Crippen LogP contribution in [0.2, 0.25) is 0 Å². The minimum absolute atomic E-state index is 0.293. The number of nitrogens with zero attached hydrogens (tertiary/aromatic N) is 1. The molecule has 0 bridgehead atoms. The van der Waals surface area contributed by atoms with Crippen LogP contribution in [-0.4, -0.2) is 11.4 Å². The van der Waals surface area contributed by atoms with Gasteiger partial charge in [-0.2, -0.15) is 4.73 Å². The maximum atomic E-state index is 11.6. The zero-order valence-corrected chi connectivity index (χ0v) is 8.65. The third-order valence-electron chi connectivity index (χ3n) is 1.85. The predicted octanol–water partition coefficient (Wildman–Crippen LogP) is 0.462. The molecule has 1 amide bonds. The molecule has 0 aliphatic heterocycles. The molecular weight excluding hydrogens is 192 g/mol. The van der Waals surface area contributed by atoms with Gasteiger partial charge in [-0.1, -0.05) is 5.92 Å². The maximum Gasteiger partial charge on any atom is 0.252 e. The fourth-order valence-electron chi connectivity index (χ4n) is 0.956. The lowest BCUT2D eigenvalue weighted by molar-refractivity contribution is -0.605. The molecule has 4 heteroatoms. The Morgan fingerprint density at radius 3 is 2.53 bits per heavy atom. The van der Waals surface area contributed by atoms with Crippen molar-refractivity contribution >= 4 is 5.91 Å². The summed E-state index contributed by atoms with van der Waals surface area (Å²) in [5.41, 5.74) is -0.286. The summed E-state index contributed by atoms with van der Waals surface area (Å²) in [7, 11) is 0. The van der Waals surface area contributed by atoms with Crippen molar-refractivity contribution in [3.63, 3.8) is 0 Å². The van der Waals surface area contributed by atoms with E-state index in [9.17, 15) is 10.0 Å². The first-order chi connectivity index (χ1) is 6.94. The monoisotopic (exact) mass is 204 g/mol. The Bertz CT molecular complexity index is 402. The molecule has 1 aromatic heterocycles. The number of aromatic nitrogens is 1. The van der Waals surface area contributed by atoms with Gasteiger partial charge in [-0.3, -0.25) is 4.79 Å². The second-order valence-corrected chi connectivity index (χ2v) is 3.67. The Hall–Kier alpha value is -2.02. The molecule has 15 heavy (non-hydrogen) atoms. The van der Waals surface area contributed by atoms with E-state index in [0.29, 0.717) is 10.3 Å². The van der Waals surface area contributed by atoms with Crippen molar-refractivity contribution in [3.8, 4) is 12.3 Å². The zero-order valence-electron chi connectivity index (χ0n) is 8.65. The van der Waals surface area contributed by atoms with E-state index in [4.69, 9.17) is 6.42 Å². The molecule has 1 N–H and O–H groups in total. The van der Waals surface area contributed by atoms with E-state index in [1.165, 1.54) is 24.5 Å². The highest BCUT2D eigenvalue weighted by Crippen LogP contribution is 2.02. The summed E-state index contributed by atoms with van der Waals surface area (Å²) in [5, 5.41) is 13.4. The van der Waals surface area contributed by atoms with Crippen LogP contribution in [0.5, 0.6) is 0 Å². The molecule has 0 aliphatic rings. The topological polar surface area (TPSA) is 56.0 Å². The van der Waals surface area contributed by atoms with E-state index in [2.05, 4.69) is 11.2 Å². The van der Waals surface area contributed by atoms with Gasteiger partial charge in [0.15, 0.2) is 12.4 Å². The van der Waals surface area contributed by atoms with Crippen molar-refractivity contribution in [3.05, 3.63) is 35.3 Å². The van der Waals surface area contributed by atoms with Crippen LogP contribution in [0, 0.1) is 17.6 Å². The van der Waals surface area contributed by atoms with E-state index >= 15 is 0 Å². The van der Waals surface area contributed by atoms with Crippen molar-refractivity contribution in [1.29, 1.82) is 0 Å². The number of pyridine rings is 1. The Kier molecular flexibility index (Phi) is 2.96.